The molecule has 1 aromatic rings. The maximum atomic E-state index is 12.3. The molecule has 0 atom stereocenters. The zero-order chi connectivity index (χ0) is 7.56. The van der Waals surface area contributed by atoms with E-state index in [2.05, 4.69) is 0 Å². The molecule has 0 aliphatic heterocycles. The molecule has 0 amide bonds. The molecule has 0 radical (unpaired) electrons. The topological polar surface area (TPSA) is 20.2 Å². The minimum atomic E-state index is -0.617. The van der Waals surface area contributed by atoms with Crippen molar-refractivity contribution in [2.24, 2.45) is 0 Å². The Kier molecular flexibility index (Phi) is 2.12. The predicted octanol–water partition coefficient (Wildman–Crippen LogP) is 2.27. The van der Waals surface area contributed by atoms with E-state index in [0.29, 0.717) is 5.56 Å². The first-order valence-corrected chi connectivity index (χ1v) is 3.31. The number of halogens is 2. The number of rotatable bonds is 1. The predicted molar refractivity (Wildman–Crippen MR) is 37.6 cm³/mol. The van der Waals surface area contributed by atoms with Crippen molar-refractivity contribution in [3.8, 4) is 5.75 Å². The highest BCUT2D eigenvalue weighted by molar-refractivity contribution is 6.17. The molecule has 0 heterocycles. The maximum Gasteiger partial charge on any atom is 0.164 e. The number of phenolic OH excluding ortho intramolecular Hbond substituents is 1. The van der Waals surface area contributed by atoms with Crippen LogP contribution >= 0.6 is 11.6 Å². The van der Waals surface area contributed by atoms with E-state index in [1.807, 2.05) is 0 Å². The van der Waals surface area contributed by atoms with Gasteiger partial charge in [-0.3, -0.25) is 0 Å². The van der Waals surface area contributed by atoms with Gasteiger partial charge in [0.15, 0.2) is 11.6 Å². The summed E-state index contributed by atoms with van der Waals surface area (Å²) in [5.74, 6) is -0.680. The second kappa shape index (κ2) is 2.88. The second-order valence-corrected chi connectivity index (χ2v) is 2.19. The van der Waals surface area contributed by atoms with Crippen LogP contribution in [0.4, 0.5) is 4.39 Å². The molecule has 1 rings (SSSR count). The fraction of sp³-hybridized carbons (Fsp3) is 0.143. The highest BCUT2D eigenvalue weighted by Crippen LogP contribution is 2.17. The van der Waals surface area contributed by atoms with E-state index in [1.165, 1.54) is 18.2 Å². The van der Waals surface area contributed by atoms with E-state index in [1.54, 1.807) is 0 Å². The summed E-state index contributed by atoms with van der Waals surface area (Å²) in [6, 6.07) is 4.03. The number of hydrogen-bond acceptors (Lipinski definition) is 1. The van der Waals surface area contributed by atoms with Crippen molar-refractivity contribution in [3.05, 3.63) is 29.6 Å². The molecule has 54 valence electrons. The first-order valence-electron chi connectivity index (χ1n) is 2.77. The van der Waals surface area contributed by atoms with Gasteiger partial charge >= 0.3 is 0 Å². The smallest absolute Gasteiger partial charge is 0.164 e. The SMILES string of the molecule is Oc1cc(CCl)ccc1F. The van der Waals surface area contributed by atoms with Gasteiger partial charge in [-0.05, 0) is 17.7 Å². The highest BCUT2D eigenvalue weighted by Gasteiger charge is 1.98. The molecule has 0 aliphatic carbocycles. The maximum absolute atomic E-state index is 12.3. The van der Waals surface area contributed by atoms with Crippen LogP contribution in [-0.4, -0.2) is 5.11 Å². The Hall–Kier alpha value is -0.760. The quantitative estimate of drug-likeness (QED) is 0.625. The Labute approximate surface area is 63.1 Å². The van der Waals surface area contributed by atoms with Crippen LogP contribution in [0.3, 0.4) is 0 Å². The summed E-state index contributed by atoms with van der Waals surface area (Å²) in [7, 11) is 0. The highest BCUT2D eigenvalue weighted by atomic mass is 35.5. The van der Waals surface area contributed by atoms with Crippen molar-refractivity contribution in [3.63, 3.8) is 0 Å². The zero-order valence-electron chi connectivity index (χ0n) is 5.14. The van der Waals surface area contributed by atoms with Gasteiger partial charge in [0.25, 0.3) is 0 Å². The van der Waals surface area contributed by atoms with E-state index in [0.717, 1.165) is 0 Å². The number of phenols is 1. The van der Waals surface area contributed by atoms with Crippen LogP contribution in [0, 0.1) is 5.82 Å². The minimum Gasteiger partial charge on any atom is -0.505 e. The molecule has 1 nitrogen and oxygen atoms in total. The molecule has 1 aromatic carbocycles. The van der Waals surface area contributed by atoms with Crippen molar-refractivity contribution in [1.29, 1.82) is 0 Å². The average molecular weight is 161 g/mol. The molecule has 0 aliphatic rings. The van der Waals surface area contributed by atoms with Crippen LogP contribution in [0.25, 0.3) is 0 Å². The minimum absolute atomic E-state index is 0.286. The summed E-state index contributed by atoms with van der Waals surface area (Å²) >= 11 is 5.42. The fourth-order valence-corrected chi connectivity index (χ4v) is 0.808. The third-order valence-electron chi connectivity index (χ3n) is 1.16. The Balaban J connectivity index is 3.04. The van der Waals surface area contributed by atoms with Gasteiger partial charge in [0.2, 0.25) is 0 Å². The largest absolute Gasteiger partial charge is 0.505 e. The molecule has 0 spiro atoms. The van der Waals surface area contributed by atoms with E-state index in [-0.39, 0.29) is 11.6 Å². The summed E-state index contributed by atoms with van der Waals surface area (Å²) in [6.07, 6.45) is 0. The van der Waals surface area contributed by atoms with Crippen LogP contribution in [-0.2, 0) is 5.88 Å². The van der Waals surface area contributed by atoms with Crippen LogP contribution in [0.15, 0.2) is 18.2 Å². The van der Waals surface area contributed by atoms with E-state index in [9.17, 15) is 4.39 Å². The van der Waals surface area contributed by atoms with Crippen LogP contribution < -0.4 is 0 Å². The summed E-state index contributed by atoms with van der Waals surface area (Å²) in [6.45, 7) is 0. The molecule has 0 bridgehead atoms. The van der Waals surface area contributed by atoms with Gasteiger partial charge in [-0.1, -0.05) is 6.07 Å². The van der Waals surface area contributed by atoms with Gasteiger partial charge in [0.1, 0.15) is 0 Å². The number of hydrogen-bond donors (Lipinski definition) is 1. The van der Waals surface area contributed by atoms with Crippen molar-refractivity contribution in [1.82, 2.24) is 0 Å². The standard InChI is InChI=1S/C7H6ClFO/c8-4-5-1-2-6(9)7(10)3-5/h1-3,10H,4H2. The molecule has 0 fully saturated rings. The van der Waals surface area contributed by atoms with Crippen LogP contribution in [0.5, 0.6) is 5.75 Å². The number of alkyl halides is 1. The van der Waals surface area contributed by atoms with E-state index < -0.39 is 5.82 Å². The van der Waals surface area contributed by atoms with Gasteiger partial charge in [0.05, 0.1) is 0 Å². The van der Waals surface area contributed by atoms with Gasteiger partial charge in [-0.15, -0.1) is 11.6 Å². The van der Waals surface area contributed by atoms with Gasteiger partial charge in [0, 0.05) is 5.88 Å². The van der Waals surface area contributed by atoms with Gasteiger partial charge in [-0.2, -0.15) is 0 Å². The molecule has 0 unspecified atom stereocenters. The summed E-state index contributed by atoms with van der Waals surface area (Å²) in [5.41, 5.74) is 0.709. The lowest BCUT2D eigenvalue weighted by Crippen LogP contribution is -1.79. The van der Waals surface area contributed by atoms with Crippen molar-refractivity contribution in [2.45, 2.75) is 5.88 Å². The molecule has 1 N–H and O–H groups in total. The fourth-order valence-electron chi connectivity index (χ4n) is 0.641. The molecule has 3 heteroatoms. The third kappa shape index (κ3) is 1.39. The van der Waals surface area contributed by atoms with Crippen molar-refractivity contribution < 1.29 is 9.50 Å². The number of aromatic hydroxyl groups is 1. The van der Waals surface area contributed by atoms with Crippen LogP contribution in [0.1, 0.15) is 5.56 Å². The molecule has 0 saturated heterocycles. The molecule has 10 heavy (non-hydrogen) atoms. The monoisotopic (exact) mass is 160 g/mol. The molecular formula is C7H6ClFO. The lowest BCUT2D eigenvalue weighted by molar-refractivity contribution is 0.432. The molecular weight excluding hydrogens is 155 g/mol. The second-order valence-electron chi connectivity index (χ2n) is 1.92. The Morgan fingerprint density at radius 2 is 2.20 bits per heavy atom. The average Bonchev–Trinajstić information content (AvgIpc) is 1.95. The lowest BCUT2D eigenvalue weighted by Gasteiger charge is -1.96. The third-order valence-corrected chi connectivity index (χ3v) is 1.47. The first kappa shape index (κ1) is 7.35. The first-order chi connectivity index (χ1) is 4.74. The zero-order valence-corrected chi connectivity index (χ0v) is 5.90. The van der Waals surface area contributed by atoms with E-state index in [4.69, 9.17) is 16.7 Å². The van der Waals surface area contributed by atoms with Gasteiger partial charge in [-0.25, -0.2) is 4.39 Å². The van der Waals surface area contributed by atoms with E-state index >= 15 is 0 Å². The van der Waals surface area contributed by atoms with Gasteiger partial charge < -0.3 is 5.11 Å². The van der Waals surface area contributed by atoms with Crippen molar-refractivity contribution in [2.75, 3.05) is 0 Å². The lowest BCUT2D eigenvalue weighted by atomic mass is 10.2. The number of benzene rings is 1. The van der Waals surface area contributed by atoms with Crippen LogP contribution in [0.2, 0.25) is 0 Å². The summed E-state index contributed by atoms with van der Waals surface area (Å²) in [5, 5.41) is 8.80. The Morgan fingerprint density at radius 3 is 2.70 bits per heavy atom. The Morgan fingerprint density at radius 1 is 1.50 bits per heavy atom. The molecule has 0 saturated carbocycles. The summed E-state index contributed by atoms with van der Waals surface area (Å²) in [4.78, 5) is 0. The molecule has 0 aromatic heterocycles. The normalized spacial score (nSPS) is 9.80. The Bertz CT molecular complexity index is 237. The summed E-state index contributed by atoms with van der Waals surface area (Å²) < 4.78 is 12.3. The van der Waals surface area contributed by atoms with Crippen molar-refractivity contribution >= 4 is 11.6 Å².